The molecule has 1 aromatic carbocycles. The first-order chi connectivity index (χ1) is 8.15. The van der Waals surface area contributed by atoms with Crippen LogP contribution in [0.15, 0.2) is 18.2 Å². The normalized spacial score (nSPS) is 11.1. The molecule has 0 aliphatic rings. The molecule has 0 fully saturated rings. The SMILES string of the molecule is CCCCN(CCN)Cc1cc(F)cc(F)c1. The Morgan fingerprint density at radius 3 is 2.29 bits per heavy atom. The average molecular weight is 242 g/mol. The average Bonchev–Trinajstić information content (AvgIpc) is 2.24. The Balaban J connectivity index is 2.63. The van der Waals surface area contributed by atoms with E-state index in [1.165, 1.54) is 12.1 Å². The predicted octanol–water partition coefficient (Wildman–Crippen LogP) is 2.53. The van der Waals surface area contributed by atoms with Crippen molar-refractivity contribution in [2.45, 2.75) is 26.3 Å². The molecule has 0 heterocycles. The van der Waals surface area contributed by atoms with Gasteiger partial charge in [-0.1, -0.05) is 13.3 Å². The maximum absolute atomic E-state index is 13.0. The molecule has 1 aromatic rings. The summed E-state index contributed by atoms with van der Waals surface area (Å²) >= 11 is 0. The first kappa shape index (κ1) is 14.1. The van der Waals surface area contributed by atoms with E-state index in [4.69, 9.17) is 5.73 Å². The van der Waals surface area contributed by atoms with E-state index < -0.39 is 11.6 Å². The molecule has 0 spiro atoms. The van der Waals surface area contributed by atoms with E-state index in [0.29, 0.717) is 18.7 Å². The molecule has 96 valence electrons. The van der Waals surface area contributed by atoms with Crippen LogP contribution in [0.5, 0.6) is 0 Å². The van der Waals surface area contributed by atoms with Gasteiger partial charge in [-0.3, -0.25) is 4.90 Å². The highest BCUT2D eigenvalue weighted by molar-refractivity contribution is 5.17. The van der Waals surface area contributed by atoms with Crippen LogP contribution in [0.1, 0.15) is 25.3 Å². The first-order valence-electron chi connectivity index (χ1n) is 6.03. The van der Waals surface area contributed by atoms with E-state index in [0.717, 1.165) is 32.0 Å². The molecule has 0 atom stereocenters. The molecule has 2 nitrogen and oxygen atoms in total. The Kier molecular flexibility index (Phi) is 6.08. The third kappa shape index (κ3) is 5.24. The van der Waals surface area contributed by atoms with Crippen LogP contribution in [0.4, 0.5) is 8.78 Å². The number of nitrogens with zero attached hydrogens (tertiary/aromatic N) is 1. The fourth-order valence-corrected chi connectivity index (χ4v) is 1.79. The van der Waals surface area contributed by atoms with E-state index in [1.807, 2.05) is 0 Å². The van der Waals surface area contributed by atoms with Crippen molar-refractivity contribution >= 4 is 0 Å². The second kappa shape index (κ2) is 7.35. The predicted molar refractivity (Wildman–Crippen MR) is 65.6 cm³/mol. The van der Waals surface area contributed by atoms with Gasteiger partial charge in [0.2, 0.25) is 0 Å². The molecule has 0 unspecified atom stereocenters. The van der Waals surface area contributed by atoms with Gasteiger partial charge in [0.25, 0.3) is 0 Å². The van der Waals surface area contributed by atoms with Gasteiger partial charge >= 0.3 is 0 Å². The van der Waals surface area contributed by atoms with Gasteiger partial charge in [0.05, 0.1) is 0 Å². The Labute approximate surface area is 101 Å². The highest BCUT2D eigenvalue weighted by atomic mass is 19.1. The summed E-state index contributed by atoms with van der Waals surface area (Å²) in [5, 5.41) is 0. The molecule has 0 bridgehead atoms. The molecular weight excluding hydrogens is 222 g/mol. The highest BCUT2D eigenvalue weighted by Gasteiger charge is 2.07. The molecular formula is C13H20F2N2. The minimum Gasteiger partial charge on any atom is -0.329 e. The minimum absolute atomic E-state index is 0.525. The number of hydrogen-bond acceptors (Lipinski definition) is 2. The number of halogens is 2. The Bertz CT molecular complexity index is 322. The van der Waals surface area contributed by atoms with E-state index in [2.05, 4.69) is 11.8 Å². The summed E-state index contributed by atoms with van der Waals surface area (Å²) in [6, 6.07) is 3.64. The second-order valence-corrected chi connectivity index (χ2v) is 4.20. The van der Waals surface area contributed by atoms with Crippen LogP contribution in [-0.4, -0.2) is 24.5 Å². The zero-order valence-corrected chi connectivity index (χ0v) is 10.3. The summed E-state index contributed by atoms with van der Waals surface area (Å²) in [7, 11) is 0. The molecule has 0 saturated carbocycles. The first-order valence-corrected chi connectivity index (χ1v) is 6.03. The number of benzene rings is 1. The van der Waals surface area contributed by atoms with E-state index in [-0.39, 0.29) is 0 Å². The summed E-state index contributed by atoms with van der Waals surface area (Å²) < 4.78 is 26.1. The van der Waals surface area contributed by atoms with E-state index in [9.17, 15) is 8.78 Å². The molecule has 17 heavy (non-hydrogen) atoms. The van der Waals surface area contributed by atoms with Gasteiger partial charge in [-0.05, 0) is 30.7 Å². The Morgan fingerprint density at radius 1 is 1.12 bits per heavy atom. The van der Waals surface area contributed by atoms with Crippen molar-refractivity contribution in [2.24, 2.45) is 5.73 Å². The smallest absolute Gasteiger partial charge is 0.126 e. The molecule has 1 rings (SSSR count). The molecule has 0 saturated heterocycles. The van der Waals surface area contributed by atoms with Crippen LogP contribution >= 0.6 is 0 Å². The van der Waals surface area contributed by atoms with Gasteiger partial charge < -0.3 is 5.73 Å². The standard InChI is InChI=1S/C13H20F2N2/c1-2-3-5-17(6-4-16)10-11-7-12(14)9-13(15)8-11/h7-9H,2-6,10,16H2,1H3. The van der Waals surface area contributed by atoms with Gasteiger partial charge in [-0.15, -0.1) is 0 Å². The second-order valence-electron chi connectivity index (χ2n) is 4.20. The van der Waals surface area contributed by atoms with Crippen molar-refractivity contribution in [3.05, 3.63) is 35.4 Å². The van der Waals surface area contributed by atoms with Crippen molar-refractivity contribution in [3.8, 4) is 0 Å². The molecule has 0 amide bonds. The van der Waals surface area contributed by atoms with E-state index >= 15 is 0 Å². The van der Waals surface area contributed by atoms with Crippen molar-refractivity contribution in [1.82, 2.24) is 4.90 Å². The topological polar surface area (TPSA) is 29.3 Å². The zero-order valence-electron chi connectivity index (χ0n) is 10.3. The summed E-state index contributed by atoms with van der Waals surface area (Å²) in [5.74, 6) is -1.05. The third-order valence-electron chi connectivity index (χ3n) is 2.60. The lowest BCUT2D eigenvalue weighted by atomic mass is 10.2. The quantitative estimate of drug-likeness (QED) is 0.796. The molecule has 0 aliphatic carbocycles. The van der Waals surface area contributed by atoms with Gasteiger partial charge in [-0.25, -0.2) is 8.78 Å². The zero-order chi connectivity index (χ0) is 12.7. The lowest BCUT2D eigenvalue weighted by Gasteiger charge is -2.21. The van der Waals surface area contributed by atoms with Gasteiger partial charge in [0.1, 0.15) is 11.6 Å². The summed E-state index contributed by atoms with van der Waals surface area (Å²) in [5.41, 5.74) is 6.18. The van der Waals surface area contributed by atoms with Crippen LogP contribution in [0, 0.1) is 11.6 Å². The van der Waals surface area contributed by atoms with Crippen LogP contribution in [0.25, 0.3) is 0 Å². The highest BCUT2D eigenvalue weighted by Crippen LogP contribution is 2.11. The van der Waals surface area contributed by atoms with Crippen LogP contribution < -0.4 is 5.73 Å². The molecule has 0 aromatic heterocycles. The number of unbranched alkanes of at least 4 members (excludes halogenated alkanes) is 1. The molecule has 0 radical (unpaired) electrons. The maximum atomic E-state index is 13.0. The number of rotatable bonds is 7. The molecule has 2 N–H and O–H groups in total. The van der Waals surface area contributed by atoms with E-state index in [1.54, 1.807) is 0 Å². The minimum atomic E-state index is -0.525. The van der Waals surface area contributed by atoms with Crippen LogP contribution in [0.3, 0.4) is 0 Å². The van der Waals surface area contributed by atoms with Crippen LogP contribution in [0.2, 0.25) is 0 Å². The molecule has 0 aliphatic heterocycles. The summed E-state index contributed by atoms with van der Waals surface area (Å²) in [4.78, 5) is 2.12. The fraction of sp³-hybridized carbons (Fsp3) is 0.538. The van der Waals surface area contributed by atoms with Crippen molar-refractivity contribution < 1.29 is 8.78 Å². The van der Waals surface area contributed by atoms with Crippen molar-refractivity contribution in [2.75, 3.05) is 19.6 Å². The lowest BCUT2D eigenvalue weighted by molar-refractivity contribution is 0.268. The van der Waals surface area contributed by atoms with Gasteiger partial charge in [0, 0.05) is 25.7 Å². The number of nitrogens with two attached hydrogens (primary N) is 1. The van der Waals surface area contributed by atoms with Crippen molar-refractivity contribution in [3.63, 3.8) is 0 Å². The van der Waals surface area contributed by atoms with Gasteiger partial charge in [-0.2, -0.15) is 0 Å². The largest absolute Gasteiger partial charge is 0.329 e. The lowest BCUT2D eigenvalue weighted by Crippen LogP contribution is -2.30. The van der Waals surface area contributed by atoms with Gasteiger partial charge in [0.15, 0.2) is 0 Å². The maximum Gasteiger partial charge on any atom is 0.126 e. The summed E-state index contributed by atoms with van der Waals surface area (Å²) in [6.07, 6.45) is 2.16. The monoisotopic (exact) mass is 242 g/mol. The fourth-order valence-electron chi connectivity index (χ4n) is 1.79. The van der Waals surface area contributed by atoms with Crippen LogP contribution in [-0.2, 0) is 6.54 Å². The Morgan fingerprint density at radius 2 is 1.76 bits per heavy atom. The van der Waals surface area contributed by atoms with Crippen molar-refractivity contribution in [1.29, 1.82) is 0 Å². The third-order valence-corrected chi connectivity index (χ3v) is 2.60. The molecule has 4 heteroatoms. The number of hydrogen-bond donors (Lipinski definition) is 1. The Hall–Kier alpha value is -1.00. The summed E-state index contributed by atoms with van der Waals surface area (Å²) in [6.45, 7) is 4.87.